The molecule has 0 radical (unpaired) electrons. The van der Waals surface area contributed by atoms with Crippen LogP contribution in [0.25, 0.3) is 10.8 Å². The molecule has 4 rings (SSSR count). The van der Waals surface area contributed by atoms with Crippen LogP contribution in [-0.4, -0.2) is 59.0 Å². The summed E-state index contributed by atoms with van der Waals surface area (Å²) >= 11 is 1.08. The van der Waals surface area contributed by atoms with Crippen LogP contribution in [0.2, 0.25) is 0 Å². The van der Waals surface area contributed by atoms with E-state index in [0.717, 1.165) is 27.9 Å². The van der Waals surface area contributed by atoms with Crippen molar-refractivity contribution < 1.29 is 14.4 Å². The van der Waals surface area contributed by atoms with Crippen LogP contribution in [-0.2, 0) is 16.0 Å². The van der Waals surface area contributed by atoms with E-state index >= 15 is 0 Å². The number of benzene rings is 2. The van der Waals surface area contributed by atoms with Gasteiger partial charge in [0.2, 0.25) is 11.8 Å². The number of fused-ring (bicyclic) bond motifs is 1. The Morgan fingerprint density at radius 3 is 2.55 bits per heavy atom. The molecule has 0 saturated carbocycles. The zero-order valence-electron chi connectivity index (χ0n) is 18.1. The maximum Gasteiger partial charge on any atom is 0.273 e. The average molecular weight is 467 g/mol. The Hall–Kier alpha value is -3.37. The van der Waals surface area contributed by atoms with Crippen LogP contribution in [0.5, 0.6) is 0 Å². The van der Waals surface area contributed by atoms with Gasteiger partial charge in [-0.3, -0.25) is 14.4 Å². The summed E-state index contributed by atoms with van der Waals surface area (Å²) in [7, 11) is 0. The van der Waals surface area contributed by atoms with Gasteiger partial charge in [-0.15, -0.1) is 5.10 Å². The SMILES string of the molecule is O=C(Cc1cccc2ccccc12)NCCNC(=O)C1(NC(=O)c2csnn2)CCNCC1. The second kappa shape index (κ2) is 10.5. The highest BCUT2D eigenvalue weighted by atomic mass is 32.1. The normalized spacial score (nSPS) is 15.0. The lowest BCUT2D eigenvalue weighted by Crippen LogP contribution is -2.63. The van der Waals surface area contributed by atoms with E-state index < -0.39 is 11.4 Å². The first-order chi connectivity index (χ1) is 16.1. The summed E-state index contributed by atoms with van der Waals surface area (Å²) in [5.41, 5.74) is 0.146. The molecule has 1 aliphatic rings. The van der Waals surface area contributed by atoms with Gasteiger partial charge in [-0.05, 0) is 53.8 Å². The Balaban J connectivity index is 1.29. The molecule has 9 nitrogen and oxygen atoms in total. The number of carbonyl (C=O) groups is 3. The van der Waals surface area contributed by atoms with Crippen molar-refractivity contribution >= 4 is 40.0 Å². The topological polar surface area (TPSA) is 125 Å². The monoisotopic (exact) mass is 466 g/mol. The number of hydrogen-bond donors (Lipinski definition) is 4. The Bertz CT molecular complexity index is 1120. The summed E-state index contributed by atoms with van der Waals surface area (Å²) in [6, 6.07) is 13.9. The van der Waals surface area contributed by atoms with Crippen LogP contribution in [0.15, 0.2) is 47.8 Å². The van der Waals surface area contributed by atoms with Gasteiger partial charge in [0.05, 0.1) is 6.42 Å². The maximum absolute atomic E-state index is 13.0. The Labute approximate surface area is 195 Å². The Kier molecular flexibility index (Phi) is 7.26. The van der Waals surface area contributed by atoms with Crippen molar-refractivity contribution in [3.8, 4) is 0 Å². The van der Waals surface area contributed by atoms with Crippen LogP contribution in [0.4, 0.5) is 0 Å². The molecule has 0 bridgehead atoms. The van der Waals surface area contributed by atoms with Gasteiger partial charge in [-0.2, -0.15) is 0 Å². The molecule has 1 saturated heterocycles. The average Bonchev–Trinajstić information content (AvgIpc) is 3.38. The maximum atomic E-state index is 13.0. The van der Waals surface area contributed by atoms with Crippen molar-refractivity contribution in [2.24, 2.45) is 0 Å². The summed E-state index contributed by atoms with van der Waals surface area (Å²) in [4.78, 5) is 38.0. The molecule has 2 aromatic carbocycles. The van der Waals surface area contributed by atoms with Gasteiger partial charge in [0, 0.05) is 18.5 Å². The van der Waals surface area contributed by atoms with Gasteiger partial charge >= 0.3 is 0 Å². The van der Waals surface area contributed by atoms with Crippen molar-refractivity contribution in [1.82, 2.24) is 30.9 Å². The summed E-state index contributed by atoms with van der Waals surface area (Å²) in [6.07, 6.45) is 1.20. The standard InChI is InChI=1S/C23H26N6O3S/c30-20(14-17-6-3-5-16-4-1-2-7-18(16)17)25-12-13-26-22(32)23(8-10-24-11-9-23)27-21(31)19-15-33-29-28-19/h1-7,15,24H,8-14H2,(H,25,30)(H,26,32)(H,27,31). The molecule has 1 aromatic heterocycles. The summed E-state index contributed by atoms with van der Waals surface area (Å²) in [5, 5.41) is 19.3. The molecule has 2 heterocycles. The predicted octanol–water partition coefficient (Wildman–Crippen LogP) is 1.02. The fourth-order valence-electron chi connectivity index (χ4n) is 4.04. The molecule has 0 spiro atoms. The van der Waals surface area contributed by atoms with E-state index in [1.807, 2.05) is 42.5 Å². The number of aromatic nitrogens is 2. The van der Waals surface area contributed by atoms with Crippen LogP contribution in [0.1, 0.15) is 28.9 Å². The second-order valence-electron chi connectivity index (χ2n) is 8.00. The number of amides is 3. The first-order valence-corrected chi connectivity index (χ1v) is 11.7. The molecule has 0 aliphatic carbocycles. The predicted molar refractivity (Wildman–Crippen MR) is 126 cm³/mol. The van der Waals surface area contributed by atoms with Gasteiger partial charge in [-0.25, -0.2) is 0 Å². The van der Waals surface area contributed by atoms with E-state index in [2.05, 4.69) is 30.9 Å². The van der Waals surface area contributed by atoms with Gasteiger partial charge in [0.25, 0.3) is 5.91 Å². The van der Waals surface area contributed by atoms with Crippen LogP contribution in [0.3, 0.4) is 0 Å². The summed E-state index contributed by atoms with van der Waals surface area (Å²) in [6.45, 7) is 1.80. The van der Waals surface area contributed by atoms with Gasteiger partial charge < -0.3 is 21.3 Å². The summed E-state index contributed by atoms with van der Waals surface area (Å²) in [5.74, 6) is -0.783. The molecular formula is C23H26N6O3S. The Morgan fingerprint density at radius 1 is 1.00 bits per heavy atom. The molecule has 33 heavy (non-hydrogen) atoms. The molecule has 1 aliphatic heterocycles. The number of nitrogens with zero attached hydrogens (tertiary/aromatic N) is 2. The molecular weight excluding hydrogens is 440 g/mol. The fourth-order valence-corrected chi connectivity index (χ4v) is 4.47. The lowest BCUT2D eigenvalue weighted by atomic mass is 9.87. The number of carbonyl (C=O) groups excluding carboxylic acids is 3. The number of piperidine rings is 1. The molecule has 0 atom stereocenters. The van der Waals surface area contributed by atoms with Gasteiger partial charge in [0.1, 0.15) is 5.54 Å². The zero-order valence-corrected chi connectivity index (χ0v) is 18.9. The molecule has 3 amide bonds. The van der Waals surface area contributed by atoms with Crippen molar-refractivity contribution in [2.45, 2.75) is 24.8 Å². The minimum atomic E-state index is -1.01. The van der Waals surface area contributed by atoms with Crippen LogP contribution >= 0.6 is 11.5 Å². The third-order valence-corrected chi connectivity index (χ3v) is 6.31. The summed E-state index contributed by atoms with van der Waals surface area (Å²) < 4.78 is 3.71. The molecule has 0 unspecified atom stereocenters. The van der Waals surface area contributed by atoms with Crippen molar-refractivity contribution in [1.29, 1.82) is 0 Å². The number of nitrogens with one attached hydrogen (secondary N) is 4. The first kappa shape index (κ1) is 22.8. The third kappa shape index (κ3) is 5.52. The minimum absolute atomic E-state index is 0.110. The zero-order chi connectivity index (χ0) is 23.1. The molecule has 4 N–H and O–H groups in total. The van der Waals surface area contributed by atoms with E-state index in [1.54, 1.807) is 5.38 Å². The quantitative estimate of drug-likeness (QED) is 0.368. The fraction of sp³-hybridized carbons (Fsp3) is 0.348. The lowest BCUT2D eigenvalue weighted by Gasteiger charge is -2.36. The molecule has 1 fully saturated rings. The van der Waals surface area contributed by atoms with Crippen LogP contribution in [0, 0.1) is 0 Å². The van der Waals surface area contributed by atoms with Crippen LogP contribution < -0.4 is 21.3 Å². The lowest BCUT2D eigenvalue weighted by molar-refractivity contribution is -0.128. The molecule has 172 valence electrons. The minimum Gasteiger partial charge on any atom is -0.354 e. The number of hydrogen-bond acceptors (Lipinski definition) is 7. The van der Waals surface area contributed by atoms with Gasteiger partial charge in [0.15, 0.2) is 5.69 Å². The van der Waals surface area contributed by atoms with E-state index in [1.165, 1.54) is 0 Å². The van der Waals surface area contributed by atoms with Crippen molar-refractivity contribution in [3.05, 3.63) is 59.1 Å². The van der Waals surface area contributed by atoms with Crippen molar-refractivity contribution in [3.63, 3.8) is 0 Å². The smallest absolute Gasteiger partial charge is 0.273 e. The van der Waals surface area contributed by atoms with E-state index in [-0.39, 0.29) is 30.5 Å². The van der Waals surface area contributed by atoms with E-state index in [9.17, 15) is 14.4 Å². The Morgan fingerprint density at radius 2 is 1.76 bits per heavy atom. The highest BCUT2D eigenvalue weighted by molar-refractivity contribution is 7.03. The molecule has 3 aromatic rings. The van der Waals surface area contributed by atoms with E-state index in [4.69, 9.17) is 0 Å². The number of rotatable bonds is 8. The van der Waals surface area contributed by atoms with Crippen molar-refractivity contribution in [2.75, 3.05) is 26.2 Å². The first-order valence-electron chi connectivity index (χ1n) is 10.9. The highest BCUT2D eigenvalue weighted by Crippen LogP contribution is 2.20. The van der Waals surface area contributed by atoms with E-state index in [0.29, 0.717) is 32.5 Å². The highest BCUT2D eigenvalue weighted by Gasteiger charge is 2.41. The second-order valence-corrected chi connectivity index (χ2v) is 8.61. The van der Waals surface area contributed by atoms with Gasteiger partial charge in [-0.1, -0.05) is 47.0 Å². The molecule has 10 heteroatoms. The largest absolute Gasteiger partial charge is 0.354 e. The third-order valence-electron chi connectivity index (χ3n) is 5.80.